The van der Waals surface area contributed by atoms with Gasteiger partial charge in [-0.05, 0) is 56.0 Å². The van der Waals surface area contributed by atoms with Crippen LogP contribution in [0.5, 0.6) is 11.5 Å². The van der Waals surface area contributed by atoms with Gasteiger partial charge in [0.2, 0.25) is 17.8 Å². The van der Waals surface area contributed by atoms with Crippen molar-refractivity contribution in [3.63, 3.8) is 0 Å². The predicted octanol–water partition coefficient (Wildman–Crippen LogP) is 4.11. The molecule has 1 spiro atoms. The number of rotatable bonds is 8. The maximum Gasteiger partial charge on any atom is 0.258 e. The number of carbonyl (C=O) groups excluding carboxylic acids is 1. The lowest BCUT2D eigenvalue weighted by Crippen LogP contribution is -2.32. The molecule has 1 fully saturated rings. The van der Waals surface area contributed by atoms with E-state index in [2.05, 4.69) is 16.2 Å². The molecule has 8 nitrogen and oxygen atoms in total. The van der Waals surface area contributed by atoms with E-state index in [1.807, 2.05) is 35.2 Å². The third-order valence-electron chi connectivity index (χ3n) is 6.77. The van der Waals surface area contributed by atoms with E-state index in [1.165, 1.54) is 0 Å². The van der Waals surface area contributed by atoms with Crippen molar-refractivity contribution < 1.29 is 28.3 Å². The number of amides is 1. The highest BCUT2D eigenvalue weighted by Gasteiger charge is 2.48. The third kappa shape index (κ3) is 4.58. The van der Waals surface area contributed by atoms with Crippen LogP contribution < -0.4 is 9.47 Å². The van der Waals surface area contributed by atoms with Crippen molar-refractivity contribution >= 4 is 15.1 Å². The number of benzene rings is 2. The molecule has 1 saturated heterocycles. The number of ether oxygens (including phenoxy) is 2. The molecule has 1 amide bonds. The number of fused-ring (bicyclic) bond motifs is 2. The number of alkyl halides is 1. The average molecular weight is 514 g/mol. The maximum atomic E-state index is 13.6. The van der Waals surface area contributed by atoms with Gasteiger partial charge in [0.25, 0.3) is 5.89 Å². The van der Waals surface area contributed by atoms with Gasteiger partial charge in [0.1, 0.15) is 0 Å². The van der Waals surface area contributed by atoms with Crippen molar-refractivity contribution in [3.8, 4) is 34.3 Å². The molecule has 3 atom stereocenters. The number of hydrogen-bond donors (Lipinski definition) is 1. The van der Waals surface area contributed by atoms with Crippen molar-refractivity contribution in [3.05, 3.63) is 47.5 Å². The summed E-state index contributed by atoms with van der Waals surface area (Å²) in [4.78, 5) is 18.9. The molecule has 36 heavy (non-hydrogen) atoms. The molecule has 3 aromatic rings. The number of carbonyl (C=O) groups is 1. The van der Waals surface area contributed by atoms with Crippen LogP contribution in [0, 0.1) is 0 Å². The first-order valence-electron chi connectivity index (χ1n) is 12.0. The minimum Gasteiger partial charge on any atom is -0.487 e. The first-order valence-corrected chi connectivity index (χ1v) is 12.7. The quantitative estimate of drug-likeness (QED) is 0.453. The van der Waals surface area contributed by atoms with Gasteiger partial charge in [-0.3, -0.25) is 4.79 Å². The van der Waals surface area contributed by atoms with Gasteiger partial charge < -0.3 is 24.0 Å². The number of nitrogens with zero attached hydrogens (tertiary/aromatic N) is 3. The molecule has 3 unspecified atom stereocenters. The van der Waals surface area contributed by atoms with Crippen LogP contribution in [-0.4, -0.2) is 58.0 Å². The van der Waals surface area contributed by atoms with Crippen LogP contribution in [0.15, 0.2) is 40.9 Å². The highest BCUT2D eigenvalue weighted by Crippen LogP contribution is 2.48. The molecule has 190 valence electrons. The number of likely N-dealkylation sites (tertiary alicyclic amines) is 1. The van der Waals surface area contributed by atoms with Crippen molar-refractivity contribution in [2.75, 3.05) is 19.7 Å². The van der Waals surface area contributed by atoms with Gasteiger partial charge in [-0.2, -0.15) is 9.37 Å². The Hall–Kier alpha value is -3.03. The Balaban J connectivity index is 1.46. The number of β-amino-alcohol motifs (C(OH)–C–C–N with tert-alkyl or cyclic N) is 1. The summed E-state index contributed by atoms with van der Waals surface area (Å²) in [6.45, 7) is 4.68. The number of halogens is 1. The average Bonchev–Trinajstić information content (AvgIpc) is 3.53. The molecule has 1 N–H and O–H groups in total. The molecule has 1 aliphatic heterocycles. The van der Waals surface area contributed by atoms with Gasteiger partial charge >= 0.3 is 0 Å². The molecular formula is C26H29FN3O5P. The van der Waals surface area contributed by atoms with E-state index in [9.17, 15) is 14.3 Å². The second-order valence-electron chi connectivity index (χ2n) is 9.55. The van der Waals surface area contributed by atoms with Gasteiger partial charge in [0, 0.05) is 36.1 Å². The van der Waals surface area contributed by atoms with E-state index in [1.54, 1.807) is 23.1 Å². The number of hydrogen-bond acceptors (Lipinski definition) is 7. The molecule has 2 heterocycles. The lowest BCUT2D eigenvalue weighted by Gasteiger charge is -2.24. The van der Waals surface area contributed by atoms with Gasteiger partial charge in [-0.25, -0.2) is 0 Å². The molecule has 10 heteroatoms. The summed E-state index contributed by atoms with van der Waals surface area (Å²) in [5, 5.41) is 13.5. The first-order chi connectivity index (χ1) is 17.3. The zero-order valence-electron chi connectivity index (χ0n) is 20.2. The molecular weight excluding hydrogens is 484 g/mol. The van der Waals surface area contributed by atoms with E-state index in [0.29, 0.717) is 36.6 Å². The fourth-order valence-corrected chi connectivity index (χ4v) is 5.45. The lowest BCUT2D eigenvalue weighted by molar-refractivity contribution is -0.128. The molecule has 1 aromatic heterocycles. The van der Waals surface area contributed by atoms with E-state index in [0.717, 1.165) is 29.5 Å². The van der Waals surface area contributed by atoms with E-state index in [4.69, 9.17) is 14.0 Å². The Labute approximate surface area is 211 Å². The second kappa shape index (κ2) is 9.79. The number of aliphatic hydroxyl groups excluding tert-OH is 1. The molecule has 2 aliphatic rings. The van der Waals surface area contributed by atoms with E-state index >= 15 is 0 Å². The molecule has 1 aliphatic carbocycles. The van der Waals surface area contributed by atoms with Crippen LogP contribution >= 0.6 is 9.24 Å². The van der Waals surface area contributed by atoms with Crippen LogP contribution in [0.25, 0.3) is 22.8 Å². The van der Waals surface area contributed by atoms with E-state index < -0.39 is 6.10 Å². The SMILES string of the molecule is CC(C)Oc1ccc(-c2nc(-c3cccc4c3CCC43CC(=O)N(CCO)C3)no2)cc1OC(F)P. The maximum absolute atomic E-state index is 13.6. The summed E-state index contributed by atoms with van der Waals surface area (Å²) < 4.78 is 30.2. The molecule has 0 saturated carbocycles. The minimum atomic E-state index is -1.59. The summed E-state index contributed by atoms with van der Waals surface area (Å²) in [7, 11) is 1.95. The van der Waals surface area contributed by atoms with Crippen LogP contribution in [0.4, 0.5) is 4.39 Å². The van der Waals surface area contributed by atoms with Crippen molar-refractivity contribution in [2.24, 2.45) is 0 Å². The Morgan fingerprint density at radius 3 is 2.83 bits per heavy atom. The smallest absolute Gasteiger partial charge is 0.258 e. The van der Waals surface area contributed by atoms with Crippen LogP contribution in [-0.2, 0) is 16.6 Å². The Bertz CT molecular complexity index is 1280. The highest BCUT2D eigenvalue weighted by molar-refractivity contribution is 7.16. The molecule has 5 rings (SSSR count). The highest BCUT2D eigenvalue weighted by atomic mass is 31.0. The van der Waals surface area contributed by atoms with Gasteiger partial charge in [-0.15, -0.1) is 0 Å². The fourth-order valence-electron chi connectivity index (χ4n) is 5.30. The summed E-state index contributed by atoms with van der Waals surface area (Å²) >= 11 is 0. The van der Waals surface area contributed by atoms with Gasteiger partial charge in [-0.1, -0.05) is 32.6 Å². The zero-order chi connectivity index (χ0) is 25.4. The summed E-state index contributed by atoms with van der Waals surface area (Å²) in [6.07, 6.45) is 0.406. The normalized spacial score (nSPS) is 19.8. The summed E-state index contributed by atoms with van der Waals surface area (Å²) in [6, 6.07) is 11.1. The van der Waals surface area contributed by atoms with Crippen LogP contribution in [0.3, 0.4) is 0 Å². The number of aromatic nitrogens is 2. The molecule has 0 bridgehead atoms. The second-order valence-corrected chi connectivity index (χ2v) is 10.1. The van der Waals surface area contributed by atoms with Crippen molar-refractivity contribution in [1.29, 1.82) is 0 Å². The Morgan fingerprint density at radius 2 is 2.08 bits per heavy atom. The zero-order valence-corrected chi connectivity index (χ0v) is 21.4. The fraction of sp³-hybridized carbons (Fsp3) is 0.423. The van der Waals surface area contributed by atoms with E-state index in [-0.39, 0.29) is 35.7 Å². The number of aliphatic hydroxyl groups is 1. The summed E-state index contributed by atoms with van der Waals surface area (Å²) in [5.74, 6) is 1.47. The first kappa shape index (κ1) is 24.7. The molecule has 0 radical (unpaired) electrons. The van der Waals surface area contributed by atoms with Crippen molar-refractivity contribution in [2.45, 2.75) is 50.7 Å². The van der Waals surface area contributed by atoms with Gasteiger partial charge in [0.15, 0.2) is 11.5 Å². The topological polar surface area (TPSA) is 97.9 Å². The van der Waals surface area contributed by atoms with Crippen LogP contribution in [0.2, 0.25) is 0 Å². The standard InChI is InChI=1S/C26H29FN3O5P/c1-15(2)33-20-7-6-16(12-21(20)34-25(27)36)24-28-23(29-35-24)18-4-3-5-19-17(18)8-9-26(19)13-22(32)30(14-26)10-11-31/h3-7,12,15,25,31H,8-11,13-14,36H2,1-2H3. The minimum absolute atomic E-state index is 0.0409. The Kier molecular flexibility index (Phi) is 6.70. The third-order valence-corrected chi connectivity index (χ3v) is 6.90. The lowest BCUT2D eigenvalue weighted by atomic mass is 9.80. The van der Waals surface area contributed by atoms with Crippen LogP contribution in [0.1, 0.15) is 37.8 Å². The predicted molar refractivity (Wildman–Crippen MR) is 134 cm³/mol. The summed E-state index contributed by atoms with van der Waals surface area (Å²) in [5.41, 5.74) is 3.47. The van der Waals surface area contributed by atoms with Gasteiger partial charge in [0.05, 0.1) is 12.7 Å². The monoisotopic (exact) mass is 513 g/mol. The van der Waals surface area contributed by atoms with Crippen molar-refractivity contribution in [1.82, 2.24) is 15.0 Å². The Morgan fingerprint density at radius 1 is 1.25 bits per heavy atom. The molecule has 2 aromatic carbocycles. The largest absolute Gasteiger partial charge is 0.487 e.